The maximum atomic E-state index is 6.28. The molecule has 1 atom stereocenters. The minimum atomic E-state index is 0.341. The second-order valence-corrected chi connectivity index (χ2v) is 6.79. The summed E-state index contributed by atoms with van der Waals surface area (Å²) in [5.74, 6) is 0. The molecule has 0 saturated carbocycles. The monoisotopic (exact) mass is 322 g/mol. The van der Waals surface area contributed by atoms with Crippen molar-refractivity contribution in [1.82, 2.24) is 0 Å². The Morgan fingerprint density at radius 2 is 2.25 bits per heavy atom. The number of anilines is 1. The molecule has 5 heteroatoms. The number of thiocarbonyl (C=S) groups is 1. The normalized spacial score (nSPS) is 17.9. The predicted molar refractivity (Wildman–Crippen MR) is 91.1 cm³/mol. The summed E-state index contributed by atoms with van der Waals surface area (Å²) in [5, 5.41) is 2.80. The van der Waals surface area contributed by atoms with E-state index in [1.807, 2.05) is 29.5 Å². The van der Waals surface area contributed by atoms with Gasteiger partial charge in [-0.3, -0.25) is 0 Å². The summed E-state index contributed by atoms with van der Waals surface area (Å²) in [6.07, 6.45) is 1.09. The highest BCUT2D eigenvalue weighted by molar-refractivity contribution is 7.80. The summed E-state index contributed by atoms with van der Waals surface area (Å²) >= 11 is 13.1. The van der Waals surface area contributed by atoms with Crippen molar-refractivity contribution in [3.05, 3.63) is 50.7 Å². The Labute approximate surface area is 133 Å². The van der Waals surface area contributed by atoms with Crippen molar-refractivity contribution in [2.75, 3.05) is 11.4 Å². The smallest absolute Gasteiger partial charge is 0.105 e. The van der Waals surface area contributed by atoms with Gasteiger partial charge in [-0.15, -0.1) is 11.3 Å². The fourth-order valence-corrected chi connectivity index (χ4v) is 4.22. The number of rotatable bonds is 2. The van der Waals surface area contributed by atoms with Gasteiger partial charge in [0.15, 0.2) is 0 Å². The average Bonchev–Trinajstić information content (AvgIpc) is 2.87. The molecule has 1 aliphatic heterocycles. The summed E-state index contributed by atoms with van der Waals surface area (Å²) in [4.78, 5) is 4.22. The zero-order valence-electron chi connectivity index (χ0n) is 11.1. The van der Waals surface area contributed by atoms with Crippen LogP contribution >= 0.6 is 35.2 Å². The van der Waals surface area contributed by atoms with Crippen LogP contribution in [0.15, 0.2) is 29.6 Å². The molecule has 1 unspecified atom stereocenters. The van der Waals surface area contributed by atoms with Crippen LogP contribution in [0.2, 0.25) is 5.02 Å². The molecule has 2 N–H and O–H groups in total. The summed E-state index contributed by atoms with van der Waals surface area (Å²) in [6.45, 7) is 3.25. The van der Waals surface area contributed by atoms with Crippen molar-refractivity contribution in [3.63, 3.8) is 0 Å². The van der Waals surface area contributed by atoms with E-state index in [0.717, 1.165) is 24.2 Å². The standard InChI is InChI=1S/C15H15ClN2S2/c1-9-11-5-7-20-14(11)4-6-18(9)10-2-3-12(15(17)19)13(16)8-10/h2-3,5,7-9H,4,6H2,1H3,(H2,17,19). The van der Waals surface area contributed by atoms with Crippen LogP contribution in [0.1, 0.15) is 29.0 Å². The lowest BCUT2D eigenvalue weighted by atomic mass is 10.0. The molecule has 1 aromatic heterocycles. The molecule has 0 fully saturated rings. The van der Waals surface area contributed by atoms with Crippen LogP contribution in [0.3, 0.4) is 0 Å². The van der Waals surface area contributed by atoms with Gasteiger partial charge in [0.25, 0.3) is 0 Å². The Bertz CT molecular complexity index is 666. The number of thiophene rings is 1. The zero-order chi connectivity index (χ0) is 14.3. The van der Waals surface area contributed by atoms with Gasteiger partial charge in [-0.2, -0.15) is 0 Å². The van der Waals surface area contributed by atoms with E-state index in [1.54, 1.807) is 0 Å². The van der Waals surface area contributed by atoms with Crippen LogP contribution in [0.5, 0.6) is 0 Å². The molecule has 0 saturated heterocycles. The van der Waals surface area contributed by atoms with E-state index in [9.17, 15) is 0 Å². The summed E-state index contributed by atoms with van der Waals surface area (Å²) in [7, 11) is 0. The summed E-state index contributed by atoms with van der Waals surface area (Å²) in [6, 6.07) is 8.52. The van der Waals surface area contributed by atoms with Crippen molar-refractivity contribution < 1.29 is 0 Å². The molecule has 0 aliphatic carbocycles. The first-order valence-electron chi connectivity index (χ1n) is 6.50. The minimum absolute atomic E-state index is 0.341. The summed E-state index contributed by atoms with van der Waals surface area (Å²) < 4.78 is 0. The van der Waals surface area contributed by atoms with Crippen LogP contribution in [-0.4, -0.2) is 11.5 Å². The predicted octanol–water partition coefficient (Wildman–Crippen LogP) is 4.16. The van der Waals surface area contributed by atoms with E-state index in [4.69, 9.17) is 29.6 Å². The van der Waals surface area contributed by atoms with Crippen LogP contribution in [-0.2, 0) is 6.42 Å². The lowest BCUT2D eigenvalue weighted by Gasteiger charge is -2.35. The Morgan fingerprint density at radius 1 is 1.45 bits per heavy atom. The lowest BCUT2D eigenvalue weighted by Crippen LogP contribution is -2.33. The Hall–Kier alpha value is -1.10. The third kappa shape index (κ3) is 2.32. The molecule has 3 rings (SSSR count). The number of hydrogen-bond acceptors (Lipinski definition) is 3. The molecule has 2 nitrogen and oxygen atoms in total. The molecule has 0 amide bonds. The second-order valence-electron chi connectivity index (χ2n) is 4.95. The number of fused-ring (bicyclic) bond motifs is 1. The first kappa shape index (κ1) is 13.9. The highest BCUT2D eigenvalue weighted by atomic mass is 35.5. The van der Waals surface area contributed by atoms with Crippen molar-refractivity contribution in [2.45, 2.75) is 19.4 Å². The topological polar surface area (TPSA) is 29.3 Å². The Morgan fingerprint density at radius 3 is 2.95 bits per heavy atom. The molecule has 0 bridgehead atoms. The largest absolute Gasteiger partial charge is 0.389 e. The van der Waals surface area contributed by atoms with E-state index in [1.165, 1.54) is 10.4 Å². The van der Waals surface area contributed by atoms with Crippen molar-refractivity contribution in [3.8, 4) is 0 Å². The van der Waals surface area contributed by atoms with Gasteiger partial charge in [0.1, 0.15) is 4.99 Å². The fraction of sp³-hybridized carbons (Fsp3) is 0.267. The van der Waals surface area contributed by atoms with Crippen LogP contribution in [0.25, 0.3) is 0 Å². The second kappa shape index (κ2) is 5.35. The molecular formula is C15H15ClN2S2. The number of halogens is 1. The van der Waals surface area contributed by atoms with Gasteiger partial charge in [-0.25, -0.2) is 0 Å². The number of nitrogens with zero attached hydrogens (tertiary/aromatic N) is 1. The molecule has 20 heavy (non-hydrogen) atoms. The number of nitrogens with two attached hydrogens (primary N) is 1. The number of benzene rings is 1. The third-order valence-corrected chi connectivity index (χ3v) is 5.36. The zero-order valence-corrected chi connectivity index (χ0v) is 13.5. The van der Waals surface area contributed by atoms with E-state index in [-0.39, 0.29) is 0 Å². The van der Waals surface area contributed by atoms with Crippen LogP contribution < -0.4 is 10.6 Å². The minimum Gasteiger partial charge on any atom is -0.389 e. The van der Waals surface area contributed by atoms with Gasteiger partial charge in [-0.1, -0.05) is 23.8 Å². The van der Waals surface area contributed by atoms with E-state index in [2.05, 4.69) is 23.3 Å². The Kier molecular flexibility index (Phi) is 3.71. The van der Waals surface area contributed by atoms with Crippen molar-refractivity contribution in [1.29, 1.82) is 0 Å². The number of hydrogen-bond donors (Lipinski definition) is 1. The fourth-order valence-electron chi connectivity index (χ4n) is 2.74. The molecule has 2 heterocycles. The maximum absolute atomic E-state index is 6.28. The average molecular weight is 323 g/mol. The molecule has 0 spiro atoms. The van der Waals surface area contributed by atoms with Gasteiger partial charge < -0.3 is 10.6 Å². The summed E-state index contributed by atoms with van der Waals surface area (Å²) in [5.41, 5.74) is 8.95. The maximum Gasteiger partial charge on any atom is 0.105 e. The van der Waals surface area contributed by atoms with E-state index in [0.29, 0.717) is 16.1 Å². The first-order valence-corrected chi connectivity index (χ1v) is 8.17. The van der Waals surface area contributed by atoms with Crippen molar-refractivity contribution in [2.24, 2.45) is 5.73 Å². The quantitative estimate of drug-likeness (QED) is 0.842. The molecular weight excluding hydrogens is 308 g/mol. The van der Waals surface area contributed by atoms with E-state index < -0.39 is 0 Å². The SMILES string of the molecule is CC1c2ccsc2CCN1c1ccc(C(N)=S)c(Cl)c1. The van der Waals surface area contributed by atoms with Gasteiger partial charge in [0.2, 0.25) is 0 Å². The van der Waals surface area contributed by atoms with E-state index >= 15 is 0 Å². The molecule has 104 valence electrons. The van der Waals surface area contributed by atoms with Crippen LogP contribution in [0, 0.1) is 0 Å². The molecule has 1 aliphatic rings. The first-order chi connectivity index (χ1) is 9.58. The van der Waals surface area contributed by atoms with Crippen molar-refractivity contribution >= 4 is 45.8 Å². The lowest BCUT2D eigenvalue weighted by molar-refractivity contribution is 0.633. The van der Waals surface area contributed by atoms with Gasteiger partial charge >= 0.3 is 0 Å². The van der Waals surface area contributed by atoms with Gasteiger partial charge in [0.05, 0.1) is 11.1 Å². The molecule has 0 radical (unpaired) electrons. The third-order valence-electron chi connectivity index (χ3n) is 3.83. The highest BCUT2D eigenvalue weighted by Crippen LogP contribution is 2.37. The molecule has 1 aromatic carbocycles. The van der Waals surface area contributed by atoms with Crippen LogP contribution in [0.4, 0.5) is 5.69 Å². The highest BCUT2D eigenvalue weighted by Gasteiger charge is 2.25. The van der Waals surface area contributed by atoms with Gasteiger partial charge in [-0.05, 0) is 48.6 Å². The molecule has 2 aromatic rings. The van der Waals surface area contributed by atoms with Gasteiger partial charge in [0, 0.05) is 22.7 Å². The Balaban J connectivity index is 1.95.